The molecule has 3 nitrogen and oxygen atoms in total. The van der Waals surface area contributed by atoms with Crippen LogP contribution in [0, 0.1) is 5.92 Å². The molecular weight excluding hydrogens is 152 g/mol. The lowest BCUT2D eigenvalue weighted by atomic mass is 10.1. The molecule has 12 heavy (non-hydrogen) atoms. The third-order valence-corrected chi connectivity index (χ3v) is 1.46. The average molecular weight is 172 g/mol. The monoisotopic (exact) mass is 172 g/mol. The van der Waals surface area contributed by atoms with E-state index in [1.165, 1.54) is 0 Å². The molecule has 2 N–H and O–H groups in total. The molecule has 0 bridgehead atoms. The number of hydrogen-bond donors (Lipinski definition) is 2. The fourth-order valence-corrected chi connectivity index (χ4v) is 0.892. The molecule has 0 radical (unpaired) electrons. The first kappa shape index (κ1) is 11.4. The fraction of sp³-hybridized carbons (Fsp3) is 0.889. The molecule has 0 fully saturated rings. The minimum atomic E-state index is -0.126. The van der Waals surface area contributed by atoms with Gasteiger partial charge in [0.1, 0.15) is 0 Å². The normalized spacial score (nSPS) is 14.1. The Bertz CT molecular complexity index is 149. The van der Waals surface area contributed by atoms with Crippen molar-refractivity contribution < 1.29 is 4.79 Å². The smallest absolute Gasteiger partial charge is 0.224 e. The molecule has 72 valence electrons. The summed E-state index contributed by atoms with van der Waals surface area (Å²) in [6.45, 7) is 8.59. The molecule has 0 aliphatic carbocycles. The van der Waals surface area contributed by atoms with E-state index in [0.717, 1.165) is 6.54 Å². The second kappa shape index (κ2) is 4.45. The van der Waals surface area contributed by atoms with Gasteiger partial charge in [0.2, 0.25) is 5.91 Å². The zero-order chi connectivity index (χ0) is 9.78. The van der Waals surface area contributed by atoms with Crippen LogP contribution < -0.4 is 10.6 Å². The van der Waals surface area contributed by atoms with Gasteiger partial charge in [-0.15, -0.1) is 0 Å². The molecule has 3 heteroatoms. The number of carbonyl (C=O) groups is 1. The highest BCUT2D eigenvalue weighted by Crippen LogP contribution is 2.01. The summed E-state index contributed by atoms with van der Waals surface area (Å²) in [6.07, 6.45) is 0. The lowest BCUT2D eigenvalue weighted by molar-refractivity contribution is -0.125. The molecule has 1 unspecified atom stereocenters. The van der Waals surface area contributed by atoms with Crippen molar-refractivity contribution in [2.45, 2.75) is 33.2 Å². The molecule has 0 saturated carbocycles. The summed E-state index contributed by atoms with van der Waals surface area (Å²) in [5.74, 6) is 0.145. The van der Waals surface area contributed by atoms with Crippen molar-refractivity contribution in [1.82, 2.24) is 10.6 Å². The highest BCUT2D eigenvalue weighted by Gasteiger charge is 2.18. The van der Waals surface area contributed by atoms with Crippen molar-refractivity contribution in [1.29, 1.82) is 0 Å². The minimum Gasteiger partial charge on any atom is -0.351 e. The van der Waals surface area contributed by atoms with E-state index in [9.17, 15) is 4.79 Å². The highest BCUT2D eigenvalue weighted by atomic mass is 16.2. The van der Waals surface area contributed by atoms with Crippen LogP contribution in [-0.4, -0.2) is 25.0 Å². The van der Waals surface area contributed by atoms with Gasteiger partial charge >= 0.3 is 0 Å². The van der Waals surface area contributed by atoms with Crippen LogP contribution in [0.5, 0.6) is 0 Å². The van der Waals surface area contributed by atoms with Crippen LogP contribution in [0.3, 0.4) is 0 Å². The Kier molecular flexibility index (Phi) is 4.24. The van der Waals surface area contributed by atoms with Crippen molar-refractivity contribution in [2.75, 3.05) is 13.6 Å². The Balaban J connectivity index is 3.87. The van der Waals surface area contributed by atoms with E-state index < -0.39 is 0 Å². The quantitative estimate of drug-likeness (QED) is 0.660. The number of carbonyl (C=O) groups excluding carboxylic acids is 1. The van der Waals surface area contributed by atoms with Crippen molar-refractivity contribution >= 4 is 5.91 Å². The van der Waals surface area contributed by atoms with E-state index in [4.69, 9.17) is 0 Å². The molecule has 0 spiro atoms. The van der Waals surface area contributed by atoms with Crippen molar-refractivity contribution in [2.24, 2.45) is 5.92 Å². The number of amides is 1. The number of rotatable bonds is 3. The molecule has 0 heterocycles. The molecule has 0 saturated heterocycles. The van der Waals surface area contributed by atoms with Gasteiger partial charge < -0.3 is 10.6 Å². The van der Waals surface area contributed by atoms with Crippen LogP contribution in [0.2, 0.25) is 0 Å². The van der Waals surface area contributed by atoms with E-state index in [1.54, 1.807) is 0 Å². The van der Waals surface area contributed by atoms with E-state index >= 15 is 0 Å². The fourth-order valence-electron chi connectivity index (χ4n) is 0.892. The predicted octanol–water partition coefficient (Wildman–Crippen LogP) is 0.757. The molecule has 1 atom stereocenters. The second-order valence-corrected chi connectivity index (χ2v) is 4.20. The first-order valence-electron chi connectivity index (χ1n) is 4.33. The second-order valence-electron chi connectivity index (χ2n) is 4.20. The van der Waals surface area contributed by atoms with Gasteiger partial charge in [0.05, 0.1) is 0 Å². The van der Waals surface area contributed by atoms with Crippen LogP contribution in [0.4, 0.5) is 0 Å². The third kappa shape index (κ3) is 5.13. The van der Waals surface area contributed by atoms with Gasteiger partial charge in [-0.1, -0.05) is 6.92 Å². The van der Waals surface area contributed by atoms with E-state index in [0.29, 0.717) is 0 Å². The van der Waals surface area contributed by atoms with E-state index in [-0.39, 0.29) is 17.4 Å². The van der Waals surface area contributed by atoms with Gasteiger partial charge in [-0.25, -0.2) is 0 Å². The average Bonchev–Trinajstić information content (AvgIpc) is 1.84. The number of nitrogens with one attached hydrogen (secondary N) is 2. The van der Waals surface area contributed by atoms with E-state index in [1.807, 2.05) is 34.7 Å². The topological polar surface area (TPSA) is 41.1 Å². The molecule has 1 amide bonds. The highest BCUT2D eigenvalue weighted by molar-refractivity contribution is 5.79. The lowest BCUT2D eigenvalue weighted by Gasteiger charge is -2.23. The maximum absolute atomic E-state index is 11.4. The van der Waals surface area contributed by atoms with Gasteiger partial charge in [-0.3, -0.25) is 4.79 Å². The van der Waals surface area contributed by atoms with Crippen molar-refractivity contribution in [3.8, 4) is 0 Å². The Morgan fingerprint density at radius 1 is 1.42 bits per heavy atom. The van der Waals surface area contributed by atoms with Crippen molar-refractivity contribution in [3.05, 3.63) is 0 Å². The van der Waals surface area contributed by atoms with E-state index in [2.05, 4.69) is 10.6 Å². The Morgan fingerprint density at radius 3 is 2.25 bits per heavy atom. The number of hydrogen-bond acceptors (Lipinski definition) is 2. The first-order valence-corrected chi connectivity index (χ1v) is 4.33. The van der Waals surface area contributed by atoms with Gasteiger partial charge in [0, 0.05) is 18.0 Å². The molecule has 0 rings (SSSR count). The summed E-state index contributed by atoms with van der Waals surface area (Å²) in [5.41, 5.74) is -0.126. The third-order valence-electron chi connectivity index (χ3n) is 1.46. The molecule has 0 aliphatic heterocycles. The minimum absolute atomic E-state index is 0.0363. The maximum Gasteiger partial charge on any atom is 0.224 e. The van der Waals surface area contributed by atoms with Gasteiger partial charge in [0.25, 0.3) is 0 Å². The van der Waals surface area contributed by atoms with Crippen LogP contribution in [0.15, 0.2) is 0 Å². The Labute approximate surface area is 74.9 Å². The summed E-state index contributed by atoms with van der Waals surface area (Å²) in [5, 5.41) is 5.90. The Hall–Kier alpha value is -0.570. The summed E-state index contributed by atoms with van der Waals surface area (Å²) >= 11 is 0. The van der Waals surface area contributed by atoms with Crippen LogP contribution >= 0.6 is 0 Å². The molecule has 0 aromatic carbocycles. The summed E-state index contributed by atoms with van der Waals surface area (Å²) in [6, 6.07) is 0. The van der Waals surface area contributed by atoms with Crippen LogP contribution in [-0.2, 0) is 4.79 Å². The molecular formula is C9H20N2O. The largest absolute Gasteiger partial charge is 0.351 e. The zero-order valence-corrected chi connectivity index (χ0v) is 8.69. The molecule has 0 aromatic rings. The first-order chi connectivity index (χ1) is 5.37. The lowest BCUT2D eigenvalue weighted by Crippen LogP contribution is -2.45. The van der Waals surface area contributed by atoms with Gasteiger partial charge in [-0.2, -0.15) is 0 Å². The SMILES string of the molecule is CNCC(C)C(=O)NC(C)(C)C. The zero-order valence-electron chi connectivity index (χ0n) is 8.69. The van der Waals surface area contributed by atoms with Crippen molar-refractivity contribution in [3.63, 3.8) is 0 Å². The Morgan fingerprint density at radius 2 is 1.92 bits per heavy atom. The molecule has 0 aliphatic rings. The summed E-state index contributed by atoms with van der Waals surface area (Å²) < 4.78 is 0. The molecule has 0 aromatic heterocycles. The van der Waals surface area contributed by atoms with Crippen LogP contribution in [0.25, 0.3) is 0 Å². The summed E-state index contributed by atoms with van der Waals surface area (Å²) in [4.78, 5) is 11.4. The standard InChI is InChI=1S/C9H20N2O/c1-7(6-10-5)8(12)11-9(2,3)4/h7,10H,6H2,1-5H3,(H,11,12). The summed E-state index contributed by atoms with van der Waals surface area (Å²) in [7, 11) is 1.85. The van der Waals surface area contributed by atoms with Gasteiger partial charge in [-0.05, 0) is 27.8 Å². The predicted molar refractivity (Wildman–Crippen MR) is 51.0 cm³/mol. The van der Waals surface area contributed by atoms with Crippen LogP contribution in [0.1, 0.15) is 27.7 Å². The van der Waals surface area contributed by atoms with Gasteiger partial charge in [0.15, 0.2) is 0 Å². The maximum atomic E-state index is 11.4.